The van der Waals surface area contributed by atoms with Crippen molar-refractivity contribution in [2.45, 2.75) is 26.3 Å². The molecule has 0 fully saturated rings. The lowest BCUT2D eigenvalue weighted by atomic mass is 9.93. The number of nitrogens with zero attached hydrogens (tertiary/aromatic N) is 3. The van der Waals surface area contributed by atoms with Gasteiger partial charge in [0.2, 0.25) is 5.82 Å². The standard InChI is InChI=1S/C28H25FN4O3/c1-4-18-10-12-19(13-11-18)25-24(17(2)33(28(34)30-25)21-8-6-5-7-9-21)27-31-26(32-36-27)20-14-15-23(35-3)22(29)16-20/h5-16,25H,4H2,1-3H3,(H,30,34). The van der Waals surface area contributed by atoms with E-state index in [9.17, 15) is 9.18 Å². The van der Waals surface area contributed by atoms with Gasteiger partial charge < -0.3 is 14.6 Å². The van der Waals surface area contributed by atoms with Crippen LogP contribution in [0.4, 0.5) is 14.9 Å². The first-order valence-electron chi connectivity index (χ1n) is 11.6. The smallest absolute Gasteiger partial charge is 0.326 e. The number of carbonyl (C=O) groups is 1. The second-order valence-corrected chi connectivity index (χ2v) is 8.42. The van der Waals surface area contributed by atoms with E-state index in [4.69, 9.17) is 9.26 Å². The number of hydrogen-bond acceptors (Lipinski definition) is 5. The number of urea groups is 1. The van der Waals surface area contributed by atoms with Crippen LogP contribution in [0.15, 0.2) is 83.0 Å². The molecule has 3 aromatic carbocycles. The van der Waals surface area contributed by atoms with Crippen LogP contribution in [-0.2, 0) is 6.42 Å². The molecule has 182 valence electrons. The maximum atomic E-state index is 14.3. The third kappa shape index (κ3) is 4.22. The first-order valence-corrected chi connectivity index (χ1v) is 11.6. The number of rotatable bonds is 6. The summed E-state index contributed by atoms with van der Waals surface area (Å²) in [7, 11) is 1.41. The van der Waals surface area contributed by atoms with E-state index < -0.39 is 11.9 Å². The Hall–Kier alpha value is -4.46. The first kappa shape index (κ1) is 23.3. The minimum Gasteiger partial charge on any atom is -0.494 e. The topological polar surface area (TPSA) is 80.5 Å². The van der Waals surface area contributed by atoms with Gasteiger partial charge in [-0.15, -0.1) is 0 Å². The fourth-order valence-electron chi connectivity index (χ4n) is 4.36. The van der Waals surface area contributed by atoms with Crippen LogP contribution < -0.4 is 15.0 Å². The summed E-state index contributed by atoms with van der Waals surface area (Å²) >= 11 is 0. The number of benzene rings is 3. The highest BCUT2D eigenvalue weighted by molar-refractivity contribution is 6.01. The molecular weight excluding hydrogens is 459 g/mol. The number of para-hydroxylation sites is 1. The van der Waals surface area contributed by atoms with Crippen LogP contribution in [0.5, 0.6) is 5.75 Å². The average molecular weight is 485 g/mol. The zero-order chi connectivity index (χ0) is 25.2. The van der Waals surface area contributed by atoms with Crippen molar-refractivity contribution in [3.8, 4) is 17.1 Å². The molecular formula is C28H25FN4O3. The number of anilines is 1. The summed E-state index contributed by atoms with van der Waals surface area (Å²) in [4.78, 5) is 19.5. The molecule has 2 amide bonds. The molecule has 1 unspecified atom stereocenters. The molecule has 0 aliphatic carbocycles. The fourth-order valence-corrected chi connectivity index (χ4v) is 4.36. The van der Waals surface area contributed by atoms with E-state index in [0.29, 0.717) is 22.5 Å². The van der Waals surface area contributed by atoms with Gasteiger partial charge in [-0.1, -0.05) is 54.5 Å². The summed E-state index contributed by atoms with van der Waals surface area (Å²) in [5.41, 5.74) is 4.56. The van der Waals surface area contributed by atoms with Crippen LogP contribution in [0.3, 0.4) is 0 Å². The predicted molar refractivity (Wildman–Crippen MR) is 135 cm³/mol. The molecule has 0 spiro atoms. The number of aromatic nitrogens is 2. The Labute approximate surface area is 208 Å². The Morgan fingerprint density at radius 3 is 2.50 bits per heavy atom. The zero-order valence-electron chi connectivity index (χ0n) is 20.2. The maximum Gasteiger partial charge on any atom is 0.326 e. The van der Waals surface area contributed by atoms with Gasteiger partial charge in [0.1, 0.15) is 0 Å². The Morgan fingerprint density at radius 1 is 1.08 bits per heavy atom. The molecule has 1 aliphatic heterocycles. The lowest BCUT2D eigenvalue weighted by Crippen LogP contribution is -2.46. The molecule has 4 aromatic rings. The van der Waals surface area contributed by atoms with Crippen molar-refractivity contribution >= 4 is 17.3 Å². The van der Waals surface area contributed by atoms with Gasteiger partial charge >= 0.3 is 6.03 Å². The SMILES string of the molecule is CCc1ccc(C2NC(=O)N(c3ccccc3)C(C)=C2c2nc(-c3ccc(OC)c(F)c3)no2)cc1. The molecule has 1 N–H and O–H groups in total. The van der Waals surface area contributed by atoms with Crippen molar-refractivity contribution in [1.82, 2.24) is 15.5 Å². The van der Waals surface area contributed by atoms with E-state index in [1.54, 1.807) is 11.0 Å². The number of aryl methyl sites for hydroxylation is 1. The average Bonchev–Trinajstić information content (AvgIpc) is 3.39. The van der Waals surface area contributed by atoms with Crippen LogP contribution in [0.25, 0.3) is 17.0 Å². The molecule has 8 heteroatoms. The van der Waals surface area contributed by atoms with Gasteiger partial charge in [0, 0.05) is 11.3 Å². The number of nitrogens with one attached hydrogen (secondary N) is 1. The van der Waals surface area contributed by atoms with Gasteiger partial charge in [0.15, 0.2) is 11.6 Å². The van der Waals surface area contributed by atoms with Crippen molar-refractivity contribution in [3.63, 3.8) is 0 Å². The molecule has 36 heavy (non-hydrogen) atoms. The van der Waals surface area contributed by atoms with E-state index in [-0.39, 0.29) is 23.5 Å². The molecule has 0 saturated carbocycles. The minimum absolute atomic E-state index is 0.130. The van der Waals surface area contributed by atoms with Crippen molar-refractivity contribution < 1.29 is 18.4 Å². The summed E-state index contributed by atoms with van der Waals surface area (Å²) in [5.74, 6) is 0.0789. The number of carbonyl (C=O) groups excluding carboxylic acids is 1. The second kappa shape index (κ2) is 9.65. The van der Waals surface area contributed by atoms with E-state index in [2.05, 4.69) is 22.4 Å². The van der Waals surface area contributed by atoms with Crippen molar-refractivity contribution in [2.24, 2.45) is 0 Å². The lowest BCUT2D eigenvalue weighted by molar-refractivity contribution is 0.244. The molecule has 1 aromatic heterocycles. The van der Waals surface area contributed by atoms with Gasteiger partial charge in [0.25, 0.3) is 5.89 Å². The van der Waals surface area contributed by atoms with E-state index in [1.807, 2.05) is 61.5 Å². The highest BCUT2D eigenvalue weighted by Crippen LogP contribution is 2.39. The fraction of sp³-hybridized carbons (Fsp3) is 0.179. The molecule has 7 nitrogen and oxygen atoms in total. The van der Waals surface area contributed by atoms with Gasteiger partial charge in [0.05, 0.1) is 24.4 Å². The molecule has 2 heterocycles. The van der Waals surface area contributed by atoms with E-state index in [0.717, 1.165) is 12.0 Å². The molecule has 0 saturated heterocycles. The normalized spacial score (nSPS) is 15.7. The summed E-state index contributed by atoms with van der Waals surface area (Å²) < 4.78 is 25.0. The predicted octanol–water partition coefficient (Wildman–Crippen LogP) is 6.15. The van der Waals surface area contributed by atoms with Crippen LogP contribution in [0.2, 0.25) is 0 Å². The van der Waals surface area contributed by atoms with Crippen LogP contribution in [-0.4, -0.2) is 23.3 Å². The molecule has 0 bridgehead atoms. The van der Waals surface area contributed by atoms with Crippen LogP contribution in [0.1, 0.15) is 36.9 Å². The van der Waals surface area contributed by atoms with Gasteiger partial charge in [-0.2, -0.15) is 4.98 Å². The second-order valence-electron chi connectivity index (χ2n) is 8.42. The molecule has 5 rings (SSSR count). The monoisotopic (exact) mass is 484 g/mol. The number of amides is 2. The lowest BCUT2D eigenvalue weighted by Gasteiger charge is -2.35. The van der Waals surface area contributed by atoms with Crippen molar-refractivity contribution in [3.05, 3.63) is 101 Å². The Kier molecular flexibility index (Phi) is 6.25. The highest BCUT2D eigenvalue weighted by atomic mass is 19.1. The Bertz CT molecular complexity index is 1430. The number of halogens is 1. The molecule has 1 atom stereocenters. The Balaban J connectivity index is 1.62. The van der Waals surface area contributed by atoms with Gasteiger partial charge in [-0.05, 0) is 54.8 Å². The summed E-state index contributed by atoms with van der Waals surface area (Å²) in [6, 6.07) is 21.1. The molecule has 1 aliphatic rings. The van der Waals surface area contributed by atoms with Crippen LogP contribution in [0, 0.1) is 5.82 Å². The summed E-state index contributed by atoms with van der Waals surface area (Å²) in [6.45, 7) is 3.94. The first-order chi connectivity index (χ1) is 17.5. The third-order valence-electron chi connectivity index (χ3n) is 6.29. The zero-order valence-corrected chi connectivity index (χ0v) is 20.2. The number of allylic oxidation sites excluding steroid dienone is 1. The quantitative estimate of drug-likeness (QED) is 0.355. The Morgan fingerprint density at radius 2 is 1.83 bits per heavy atom. The largest absolute Gasteiger partial charge is 0.494 e. The number of methoxy groups -OCH3 is 1. The summed E-state index contributed by atoms with van der Waals surface area (Å²) in [5, 5.41) is 7.20. The maximum absolute atomic E-state index is 14.3. The minimum atomic E-state index is -0.522. The number of ether oxygens (including phenoxy) is 1. The van der Waals surface area contributed by atoms with E-state index >= 15 is 0 Å². The highest BCUT2D eigenvalue weighted by Gasteiger charge is 2.36. The summed E-state index contributed by atoms with van der Waals surface area (Å²) in [6.07, 6.45) is 0.909. The third-order valence-corrected chi connectivity index (χ3v) is 6.29. The van der Waals surface area contributed by atoms with E-state index in [1.165, 1.54) is 24.8 Å². The van der Waals surface area contributed by atoms with Crippen LogP contribution >= 0.6 is 0 Å². The van der Waals surface area contributed by atoms with Crippen molar-refractivity contribution in [1.29, 1.82) is 0 Å². The van der Waals surface area contributed by atoms with Gasteiger partial charge in [-0.25, -0.2) is 9.18 Å². The number of hydrogen-bond donors (Lipinski definition) is 1. The molecule has 0 radical (unpaired) electrons. The van der Waals surface area contributed by atoms with Gasteiger partial charge in [-0.3, -0.25) is 4.90 Å². The van der Waals surface area contributed by atoms with Crippen molar-refractivity contribution in [2.75, 3.05) is 12.0 Å².